The molecule has 0 spiro atoms. The van der Waals surface area contributed by atoms with Crippen LogP contribution in [0, 0.1) is 0 Å². The maximum atomic E-state index is 12.4. The molecule has 23 heavy (non-hydrogen) atoms. The summed E-state index contributed by atoms with van der Waals surface area (Å²) in [5.41, 5.74) is 0.0323. The van der Waals surface area contributed by atoms with E-state index in [2.05, 4.69) is 0 Å². The lowest BCUT2D eigenvalue weighted by Crippen LogP contribution is -2.39. The van der Waals surface area contributed by atoms with Crippen LogP contribution >= 0.6 is 0 Å². The summed E-state index contributed by atoms with van der Waals surface area (Å²) in [5, 5.41) is 39.6. The number of rotatable bonds is 2. The number of carbonyl (C=O) groups is 1. The minimum Gasteiger partial charge on any atom is -0.508 e. The highest BCUT2D eigenvalue weighted by molar-refractivity contribution is 6.03. The zero-order valence-electron chi connectivity index (χ0n) is 12.1. The highest BCUT2D eigenvalue weighted by Gasteiger charge is 2.43. The zero-order valence-corrected chi connectivity index (χ0v) is 12.1. The van der Waals surface area contributed by atoms with Gasteiger partial charge < -0.3 is 29.9 Å². The Morgan fingerprint density at radius 1 is 1.13 bits per heavy atom. The Kier molecular flexibility index (Phi) is 3.30. The van der Waals surface area contributed by atoms with Crippen molar-refractivity contribution in [2.24, 2.45) is 0 Å². The second kappa shape index (κ2) is 5.06. The molecule has 0 aliphatic carbocycles. The molecule has 7 heteroatoms. The van der Waals surface area contributed by atoms with Crippen molar-refractivity contribution in [3.63, 3.8) is 0 Å². The van der Waals surface area contributed by atoms with Crippen molar-refractivity contribution in [3.8, 4) is 28.7 Å². The number of methoxy groups -OCH3 is 1. The Hall–Kier alpha value is -2.93. The van der Waals surface area contributed by atoms with E-state index in [4.69, 9.17) is 9.47 Å². The molecule has 0 saturated heterocycles. The lowest BCUT2D eigenvalue weighted by Gasteiger charge is -2.34. The molecule has 2 aromatic carbocycles. The second-order valence-corrected chi connectivity index (χ2v) is 5.21. The van der Waals surface area contributed by atoms with Gasteiger partial charge in [0.15, 0.2) is 5.78 Å². The number of aromatic hydroxyl groups is 3. The van der Waals surface area contributed by atoms with E-state index < -0.39 is 23.7 Å². The van der Waals surface area contributed by atoms with Gasteiger partial charge in [0.25, 0.3) is 0 Å². The minimum absolute atomic E-state index is 0.0620. The van der Waals surface area contributed by atoms with Crippen molar-refractivity contribution >= 4 is 5.78 Å². The fourth-order valence-corrected chi connectivity index (χ4v) is 2.62. The van der Waals surface area contributed by atoms with Crippen molar-refractivity contribution in [1.82, 2.24) is 0 Å². The SMILES string of the molecule is COc1cc(O)cc2c1C(=O)CC(O)(c1ccc(O)cc1O)O2. The normalized spacial score (nSPS) is 19.8. The monoisotopic (exact) mass is 318 g/mol. The summed E-state index contributed by atoms with van der Waals surface area (Å²) in [5.74, 6) is -3.35. The van der Waals surface area contributed by atoms with Crippen LogP contribution in [-0.4, -0.2) is 33.3 Å². The van der Waals surface area contributed by atoms with Gasteiger partial charge in [0.1, 0.15) is 34.3 Å². The highest BCUT2D eigenvalue weighted by Crippen LogP contribution is 2.45. The smallest absolute Gasteiger partial charge is 0.245 e. The Balaban J connectivity index is 2.12. The quantitative estimate of drug-likeness (QED) is 0.665. The standard InChI is InChI=1S/C16H14O7/c1-22-13-5-9(18)6-14-15(13)12(20)7-16(21,23-14)10-3-2-8(17)4-11(10)19/h2-6,17-19,21H,7H2,1H3. The van der Waals surface area contributed by atoms with Gasteiger partial charge >= 0.3 is 0 Å². The predicted molar refractivity (Wildman–Crippen MR) is 77.9 cm³/mol. The molecule has 1 unspecified atom stereocenters. The maximum absolute atomic E-state index is 12.4. The Morgan fingerprint density at radius 3 is 2.52 bits per heavy atom. The number of hydrogen-bond acceptors (Lipinski definition) is 7. The molecule has 1 aliphatic rings. The van der Waals surface area contributed by atoms with Crippen LogP contribution < -0.4 is 9.47 Å². The first kappa shape index (κ1) is 15.0. The molecular weight excluding hydrogens is 304 g/mol. The third-order valence-electron chi connectivity index (χ3n) is 3.63. The van der Waals surface area contributed by atoms with Gasteiger partial charge in [0.2, 0.25) is 5.79 Å². The first-order valence-electron chi connectivity index (χ1n) is 6.72. The van der Waals surface area contributed by atoms with Gasteiger partial charge in [-0.2, -0.15) is 0 Å². The molecule has 0 amide bonds. The van der Waals surface area contributed by atoms with Crippen molar-refractivity contribution in [2.75, 3.05) is 7.11 Å². The number of phenols is 3. The Labute approximate surface area is 131 Å². The average molecular weight is 318 g/mol. The number of benzene rings is 2. The minimum atomic E-state index is -2.12. The van der Waals surface area contributed by atoms with Crippen molar-refractivity contribution in [1.29, 1.82) is 0 Å². The fourth-order valence-electron chi connectivity index (χ4n) is 2.62. The van der Waals surface area contributed by atoms with Gasteiger partial charge in [0, 0.05) is 18.2 Å². The highest BCUT2D eigenvalue weighted by atomic mass is 16.6. The summed E-state index contributed by atoms with van der Waals surface area (Å²) in [6.07, 6.45) is -0.459. The van der Waals surface area contributed by atoms with E-state index in [1.165, 1.54) is 31.4 Å². The number of ketones is 1. The van der Waals surface area contributed by atoms with Crippen LogP contribution in [0.15, 0.2) is 30.3 Å². The number of carbonyl (C=O) groups excluding carboxylic acids is 1. The molecule has 120 valence electrons. The molecule has 1 aliphatic heterocycles. The first-order valence-corrected chi connectivity index (χ1v) is 6.72. The van der Waals surface area contributed by atoms with E-state index in [9.17, 15) is 25.2 Å². The van der Waals surface area contributed by atoms with E-state index >= 15 is 0 Å². The van der Waals surface area contributed by atoms with E-state index in [0.29, 0.717) is 0 Å². The molecular formula is C16H14O7. The van der Waals surface area contributed by atoms with E-state index in [-0.39, 0.29) is 34.1 Å². The third-order valence-corrected chi connectivity index (χ3v) is 3.63. The summed E-state index contributed by atoms with van der Waals surface area (Å²) >= 11 is 0. The molecule has 0 aromatic heterocycles. The molecule has 1 heterocycles. The number of fused-ring (bicyclic) bond motifs is 1. The predicted octanol–water partition coefficient (Wildman–Crippen LogP) is 1.62. The van der Waals surface area contributed by atoms with E-state index in [0.717, 1.165) is 6.07 Å². The van der Waals surface area contributed by atoms with E-state index in [1.807, 2.05) is 0 Å². The summed E-state index contributed by atoms with van der Waals surface area (Å²) in [4.78, 5) is 12.4. The third kappa shape index (κ3) is 2.40. The van der Waals surface area contributed by atoms with Gasteiger partial charge in [-0.1, -0.05) is 0 Å². The molecule has 0 radical (unpaired) electrons. The Bertz CT molecular complexity index is 799. The average Bonchev–Trinajstić information content (AvgIpc) is 2.44. The van der Waals surface area contributed by atoms with Crippen LogP contribution in [0.5, 0.6) is 28.7 Å². The molecule has 2 aromatic rings. The van der Waals surface area contributed by atoms with Gasteiger partial charge in [-0.3, -0.25) is 4.79 Å². The molecule has 0 bridgehead atoms. The zero-order chi connectivity index (χ0) is 16.8. The van der Waals surface area contributed by atoms with Crippen molar-refractivity contribution in [2.45, 2.75) is 12.2 Å². The van der Waals surface area contributed by atoms with Crippen LogP contribution in [0.1, 0.15) is 22.3 Å². The summed E-state index contributed by atoms with van der Waals surface area (Å²) in [6.45, 7) is 0. The lowest BCUT2D eigenvalue weighted by molar-refractivity contribution is -0.148. The lowest BCUT2D eigenvalue weighted by atomic mass is 9.92. The topological polar surface area (TPSA) is 116 Å². The number of ether oxygens (including phenoxy) is 2. The summed E-state index contributed by atoms with van der Waals surface area (Å²) in [6, 6.07) is 5.97. The second-order valence-electron chi connectivity index (χ2n) is 5.21. The number of hydrogen-bond donors (Lipinski definition) is 4. The van der Waals surface area contributed by atoms with Crippen LogP contribution in [0.4, 0.5) is 0 Å². The van der Waals surface area contributed by atoms with Gasteiger partial charge in [0.05, 0.1) is 19.1 Å². The van der Waals surface area contributed by atoms with Crippen molar-refractivity contribution < 1.29 is 34.7 Å². The number of aliphatic hydroxyl groups is 1. The van der Waals surface area contributed by atoms with Crippen LogP contribution in [-0.2, 0) is 5.79 Å². The molecule has 0 saturated carbocycles. The molecule has 7 nitrogen and oxygen atoms in total. The maximum Gasteiger partial charge on any atom is 0.245 e. The first-order chi connectivity index (χ1) is 10.8. The number of Topliss-reactive ketones (excluding diaryl/α,β-unsaturated/α-hetero) is 1. The van der Waals surface area contributed by atoms with E-state index in [1.54, 1.807) is 0 Å². The van der Waals surface area contributed by atoms with Gasteiger partial charge in [-0.25, -0.2) is 0 Å². The summed E-state index contributed by atoms with van der Waals surface area (Å²) in [7, 11) is 1.34. The molecule has 4 N–H and O–H groups in total. The largest absolute Gasteiger partial charge is 0.508 e. The van der Waals surface area contributed by atoms with Crippen molar-refractivity contribution in [3.05, 3.63) is 41.5 Å². The summed E-state index contributed by atoms with van der Waals surface area (Å²) < 4.78 is 10.5. The van der Waals surface area contributed by atoms with Crippen LogP contribution in [0.3, 0.4) is 0 Å². The molecule has 0 fully saturated rings. The molecule has 3 rings (SSSR count). The van der Waals surface area contributed by atoms with Crippen LogP contribution in [0.2, 0.25) is 0 Å². The van der Waals surface area contributed by atoms with Gasteiger partial charge in [-0.15, -0.1) is 0 Å². The Morgan fingerprint density at radius 2 is 1.87 bits per heavy atom. The molecule has 1 atom stereocenters. The van der Waals surface area contributed by atoms with Gasteiger partial charge in [-0.05, 0) is 12.1 Å². The number of phenolic OH excluding ortho intramolecular Hbond substituents is 3. The van der Waals surface area contributed by atoms with Crippen LogP contribution in [0.25, 0.3) is 0 Å². The fraction of sp³-hybridized carbons (Fsp3) is 0.188.